The van der Waals surface area contributed by atoms with E-state index in [1.165, 1.54) is 11.0 Å². The van der Waals surface area contributed by atoms with Crippen LogP contribution < -0.4 is 0 Å². The van der Waals surface area contributed by atoms with Crippen LogP contribution in [-0.4, -0.2) is 59.0 Å². The second-order valence-corrected chi connectivity index (χ2v) is 4.97. The van der Waals surface area contributed by atoms with Crippen LogP contribution in [0.3, 0.4) is 0 Å². The number of piperazine rings is 1. The van der Waals surface area contributed by atoms with Crippen LogP contribution >= 0.6 is 0 Å². The molecule has 5 nitrogen and oxygen atoms in total. The maximum absolute atomic E-state index is 13.1. The van der Waals surface area contributed by atoms with Crippen molar-refractivity contribution in [2.45, 2.75) is 13.0 Å². The van der Waals surface area contributed by atoms with Crippen molar-refractivity contribution in [1.82, 2.24) is 9.80 Å². The Bertz CT molecular complexity index is 557. The molecule has 1 N–H and O–H groups in total. The number of halogens is 2. The molecule has 1 aliphatic rings. The van der Waals surface area contributed by atoms with Crippen LogP contribution in [0.5, 0.6) is 0 Å². The molecule has 1 amide bonds. The van der Waals surface area contributed by atoms with Gasteiger partial charge in [-0.05, 0) is 25.1 Å². The van der Waals surface area contributed by atoms with Crippen LogP contribution in [0.4, 0.5) is 8.78 Å². The van der Waals surface area contributed by atoms with E-state index in [-0.39, 0.29) is 11.5 Å². The third-order valence-corrected chi connectivity index (χ3v) is 3.67. The van der Waals surface area contributed by atoms with Gasteiger partial charge in [-0.25, -0.2) is 8.78 Å². The van der Waals surface area contributed by atoms with E-state index in [0.29, 0.717) is 26.2 Å². The van der Waals surface area contributed by atoms with Gasteiger partial charge in [-0.15, -0.1) is 0 Å². The SMILES string of the molecule is C[C@H](C(=O)O)N1CCN(C(=O)c2ccc(F)c(F)c2)CC1. The number of hydrogen-bond acceptors (Lipinski definition) is 3. The van der Waals surface area contributed by atoms with Gasteiger partial charge in [0.25, 0.3) is 5.91 Å². The number of nitrogens with zero attached hydrogens (tertiary/aromatic N) is 2. The highest BCUT2D eigenvalue weighted by Crippen LogP contribution is 2.14. The van der Waals surface area contributed by atoms with Crippen molar-refractivity contribution in [3.8, 4) is 0 Å². The molecule has 1 atom stereocenters. The molecule has 0 saturated carbocycles. The highest BCUT2D eigenvalue weighted by molar-refractivity contribution is 5.94. The molecule has 1 aromatic carbocycles. The summed E-state index contributed by atoms with van der Waals surface area (Å²) in [5.74, 6) is -3.34. The predicted molar refractivity (Wildman–Crippen MR) is 70.9 cm³/mol. The lowest BCUT2D eigenvalue weighted by atomic mass is 10.1. The minimum Gasteiger partial charge on any atom is -0.480 e. The van der Waals surface area contributed by atoms with E-state index in [1.54, 1.807) is 11.8 Å². The van der Waals surface area contributed by atoms with Gasteiger partial charge in [0.2, 0.25) is 0 Å². The Hall–Kier alpha value is -2.02. The molecule has 0 aromatic heterocycles. The van der Waals surface area contributed by atoms with Crippen molar-refractivity contribution < 1.29 is 23.5 Å². The maximum atomic E-state index is 13.1. The molecular formula is C14H16F2N2O3. The minimum atomic E-state index is -1.06. The van der Waals surface area contributed by atoms with Crippen LogP contribution in [0.1, 0.15) is 17.3 Å². The Labute approximate surface area is 120 Å². The Morgan fingerprint density at radius 3 is 2.29 bits per heavy atom. The summed E-state index contributed by atoms with van der Waals surface area (Å²) in [5, 5.41) is 8.94. The quantitative estimate of drug-likeness (QED) is 0.911. The molecule has 1 aromatic rings. The number of hydrogen-bond donors (Lipinski definition) is 1. The Kier molecular flexibility index (Phi) is 4.52. The third kappa shape index (κ3) is 3.36. The second-order valence-electron chi connectivity index (χ2n) is 4.97. The van der Waals surface area contributed by atoms with Crippen molar-refractivity contribution >= 4 is 11.9 Å². The summed E-state index contributed by atoms with van der Waals surface area (Å²) >= 11 is 0. The summed E-state index contributed by atoms with van der Waals surface area (Å²) in [7, 11) is 0. The molecule has 21 heavy (non-hydrogen) atoms. The van der Waals surface area contributed by atoms with Gasteiger partial charge in [0.1, 0.15) is 6.04 Å². The molecule has 0 unspecified atom stereocenters. The van der Waals surface area contributed by atoms with E-state index in [9.17, 15) is 18.4 Å². The maximum Gasteiger partial charge on any atom is 0.320 e. The fourth-order valence-corrected chi connectivity index (χ4v) is 2.28. The largest absolute Gasteiger partial charge is 0.480 e. The van der Waals surface area contributed by atoms with Gasteiger partial charge in [0, 0.05) is 31.7 Å². The molecule has 1 saturated heterocycles. The van der Waals surface area contributed by atoms with Crippen LogP contribution in [0.15, 0.2) is 18.2 Å². The number of carboxylic acid groups (broad SMARTS) is 1. The monoisotopic (exact) mass is 298 g/mol. The van der Waals surface area contributed by atoms with Crippen molar-refractivity contribution in [3.63, 3.8) is 0 Å². The van der Waals surface area contributed by atoms with Crippen molar-refractivity contribution in [3.05, 3.63) is 35.4 Å². The number of carbonyl (C=O) groups is 2. The van der Waals surface area contributed by atoms with Crippen LogP contribution in [0.2, 0.25) is 0 Å². The predicted octanol–water partition coefficient (Wildman–Crippen LogP) is 1.20. The number of rotatable bonds is 3. The number of amides is 1. The first-order valence-electron chi connectivity index (χ1n) is 6.61. The van der Waals surface area contributed by atoms with Gasteiger partial charge >= 0.3 is 5.97 Å². The lowest BCUT2D eigenvalue weighted by Gasteiger charge is -2.36. The Balaban J connectivity index is 2.00. The molecule has 2 rings (SSSR count). The van der Waals surface area contributed by atoms with E-state index < -0.39 is 23.6 Å². The first-order chi connectivity index (χ1) is 9.90. The van der Waals surface area contributed by atoms with E-state index in [4.69, 9.17) is 5.11 Å². The highest BCUT2D eigenvalue weighted by atomic mass is 19.2. The summed E-state index contributed by atoms with van der Waals surface area (Å²) in [6.45, 7) is 3.17. The van der Waals surface area contributed by atoms with Gasteiger partial charge in [0.05, 0.1) is 0 Å². The summed E-state index contributed by atoms with van der Waals surface area (Å²) < 4.78 is 26.0. The summed E-state index contributed by atoms with van der Waals surface area (Å²) in [5.41, 5.74) is 0.0913. The summed E-state index contributed by atoms with van der Waals surface area (Å²) in [6, 6.07) is 2.44. The second kappa shape index (κ2) is 6.17. The topological polar surface area (TPSA) is 60.9 Å². The van der Waals surface area contributed by atoms with E-state index in [0.717, 1.165) is 12.1 Å². The van der Waals surface area contributed by atoms with Gasteiger partial charge in [-0.3, -0.25) is 14.5 Å². The van der Waals surface area contributed by atoms with Crippen LogP contribution in [0.25, 0.3) is 0 Å². The fourth-order valence-electron chi connectivity index (χ4n) is 2.28. The molecule has 0 radical (unpaired) electrons. The number of carbonyl (C=O) groups excluding carboxylic acids is 1. The van der Waals surface area contributed by atoms with E-state index in [1.807, 2.05) is 0 Å². The van der Waals surface area contributed by atoms with E-state index >= 15 is 0 Å². The number of benzene rings is 1. The van der Waals surface area contributed by atoms with Gasteiger partial charge in [0.15, 0.2) is 11.6 Å². The smallest absolute Gasteiger partial charge is 0.320 e. The molecule has 1 heterocycles. The third-order valence-electron chi connectivity index (χ3n) is 3.67. The standard InChI is InChI=1S/C14H16F2N2O3/c1-9(14(20)21)17-4-6-18(7-5-17)13(19)10-2-3-11(15)12(16)8-10/h2-3,8-9H,4-7H2,1H3,(H,20,21)/t9-/m1/s1. The van der Waals surface area contributed by atoms with Gasteiger partial charge in [-0.1, -0.05) is 0 Å². The van der Waals surface area contributed by atoms with Crippen molar-refractivity contribution in [2.24, 2.45) is 0 Å². The summed E-state index contributed by atoms with van der Waals surface area (Å²) in [6.07, 6.45) is 0. The Morgan fingerprint density at radius 1 is 1.14 bits per heavy atom. The molecule has 1 aliphatic heterocycles. The molecule has 0 aliphatic carbocycles. The first kappa shape index (κ1) is 15.4. The molecule has 7 heteroatoms. The minimum absolute atomic E-state index is 0.0913. The zero-order valence-electron chi connectivity index (χ0n) is 11.6. The van der Waals surface area contributed by atoms with E-state index in [2.05, 4.69) is 0 Å². The number of carboxylic acids is 1. The molecule has 1 fully saturated rings. The van der Waals surface area contributed by atoms with Crippen LogP contribution in [-0.2, 0) is 4.79 Å². The van der Waals surface area contributed by atoms with Gasteiger partial charge < -0.3 is 10.0 Å². The average Bonchev–Trinajstić information content (AvgIpc) is 2.48. The molecular weight excluding hydrogens is 282 g/mol. The van der Waals surface area contributed by atoms with Crippen molar-refractivity contribution in [1.29, 1.82) is 0 Å². The lowest BCUT2D eigenvalue weighted by molar-refractivity contribution is -0.143. The zero-order valence-corrected chi connectivity index (χ0v) is 11.6. The molecule has 0 spiro atoms. The zero-order chi connectivity index (χ0) is 15.6. The lowest BCUT2D eigenvalue weighted by Crippen LogP contribution is -2.53. The summed E-state index contributed by atoms with van der Waals surface area (Å²) in [4.78, 5) is 26.4. The molecule has 114 valence electrons. The number of aliphatic carboxylic acids is 1. The highest BCUT2D eigenvalue weighted by Gasteiger charge is 2.27. The van der Waals surface area contributed by atoms with Crippen molar-refractivity contribution in [2.75, 3.05) is 26.2 Å². The fraction of sp³-hybridized carbons (Fsp3) is 0.429. The normalized spacial score (nSPS) is 17.6. The van der Waals surface area contributed by atoms with Crippen LogP contribution in [0, 0.1) is 11.6 Å². The molecule has 0 bridgehead atoms. The first-order valence-corrected chi connectivity index (χ1v) is 6.61. The average molecular weight is 298 g/mol. The van der Waals surface area contributed by atoms with Gasteiger partial charge in [-0.2, -0.15) is 0 Å². The Morgan fingerprint density at radius 2 is 1.76 bits per heavy atom.